The lowest BCUT2D eigenvalue weighted by atomic mass is 10.4. The highest BCUT2D eigenvalue weighted by Crippen LogP contribution is 2.15. The lowest BCUT2D eigenvalue weighted by Gasteiger charge is -1.95. The van der Waals surface area contributed by atoms with Gasteiger partial charge in [-0.25, -0.2) is 0 Å². The molecule has 0 fully saturated rings. The highest BCUT2D eigenvalue weighted by molar-refractivity contribution is 7.12. The number of thiophene rings is 1. The number of nitrogens with one attached hydrogen (secondary N) is 1. The Balaban J connectivity index is 2.44. The SMILES string of the molecule is Cc1ccc(C=CC(=O)NCC(N)=O)s1. The van der Waals surface area contributed by atoms with E-state index in [9.17, 15) is 9.59 Å². The number of hydrogen-bond donors (Lipinski definition) is 2. The van der Waals surface area contributed by atoms with E-state index in [-0.39, 0.29) is 12.5 Å². The van der Waals surface area contributed by atoms with Crippen molar-refractivity contribution in [1.82, 2.24) is 5.32 Å². The first-order valence-electron chi connectivity index (χ1n) is 4.38. The van der Waals surface area contributed by atoms with Crippen LogP contribution in [0.4, 0.5) is 0 Å². The van der Waals surface area contributed by atoms with Gasteiger partial charge in [-0.1, -0.05) is 0 Å². The maximum Gasteiger partial charge on any atom is 0.244 e. The second-order valence-electron chi connectivity index (χ2n) is 2.97. The van der Waals surface area contributed by atoms with Gasteiger partial charge in [0.15, 0.2) is 0 Å². The van der Waals surface area contributed by atoms with Crippen molar-refractivity contribution < 1.29 is 9.59 Å². The van der Waals surface area contributed by atoms with Crippen LogP contribution in [0.25, 0.3) is 6.08 Å². The monoisotopic (exact) mass is 224 g/mol. The number of aryl methyl sites for hydroxylation is 1. The summed E-state index contributed by atoms with van der Waals surface area (Å²) in [4.78, 5) is 23.7. The molecule has 1 aromatic rings. The summed E-state index contributed by atoms with van der Waals surface area (Å²) in [7, 11) is 0. The largest absolute Gasteiger partial charge is 0.368 e. The van der Waals surface area contributed by atoms with Crippen molar-refractivity contribution in [3.8, 4) is 0 Å². The van der Waals surface area contributed by atoms with Crippen LogP contribution in [0.2, 0.25) is 0 Å². The Morgan fingerprint density at radius 2 is 2.27 bits per heavy atom. The van der Waals surface area contributed by atoms with E-state index in [4.69, 9.17) is 5.73 Å². The number of carbonyl (C=O) groups excluding carboxylic acids is 2. The molecule has 0 atom stereocenters. The minimum Gasteiger partial charge on any atom is -0.368 e. The number of hydrogen-bond acceptors (Lipinski definition) is 3. The van der Waals surface area contributed by atoms with Crippen molar-refractivity contribution in [3.63, 3.8) is 0 Å². The molecule has 80 valence electrons. The van der Waals surface area contributed by atoms with Crippen LogP contribution < -0.4 is 11.1 Å². The van der Waals surface area contributed by atoms with Gasteiger partial charge in [-0.2, -0.15) is 0 Å². The third-order valence-electron chi connectivity index (χ3n) is 1.60. The van der Waals surface area contributed by atoms with E-state index < -0.39 is 5.91 Å². The zero-order valence-corrected chi connectivity index (χ0v) is 9.14. The quantitative estimate of drug-likeness (QED) is 0.738. The molecule has 0 aliphatic carbocycles. The summed E-state index contributed by atoms with van der Waals surface area (Å²) in [5, 5.41) is 2.36. The second-order valence-corrected chi connectivity index (χ2v) is 4.29. The van der Waals surface area contributed by atoms with Crippen LogP contribution in [0.3, 0.4) is 0 Å². The van der Waals surface area contributed by atoms with Crippen LogP contribution in [-0.2, 0) is 9.59 Å². The van der Waals surface area contributed by atoms with Crippen LogP contribution in [0.5, 0.6) is 0 Å². The van der Waals surface area contributed by atoms with Crippen LogP contribution in [0.1, 0.15) is 9.75 Å². The summed E-state index contributed by atoms with van der Waals surface area (Å²) >= 11 is 1.60. The smallest absolute Gasteiger partial charge is 0.244 e. The Labute approximate surface area is 91.8 Å². The van der Waals surface area contributed by atoms with Crippen molar-refractivity contribution in [2.75, 3.05) is 6.54 Å². The van der Waals surface area contributed by atoms with E-state index in [0.29, 0.717) is 0 Å². The van der Waals surface area contributed by atoms with Crippen LogP contribution in [0, 0.1) is 6.92 Å². The van der Waals surface area contributed by atoms with Gasteiger partial charge in [0, 0.05) is 15.8 Å². The van der Waals surface area contributed by atoms with Crippen molar-refractivity contribution in [1.29, 1.82) is 0 Å². The van der Waals surface area contributed by atoms with Gasteiger partial charge >= 0.3 is 0 Å². The number of amides is 2. The predicted octanol–water partition coefficient (Wildman–Crippen LogP) is 0.671. The first-order chi connectivity index (χ1) is 7.08. The number of carbonyl (C=O) groups is 2. The Morgan fingerprint density at radius 1 is 1.53 bits per heavy atom. The molecule has 5 heteroatoms. The van der Waals surface area contributed by atoms with Crippen LogP contribution in [0.15, 0.2) is 18.2 Å². The highest BCUT2D eigenvalue weighted by atomic mass is 32.1. The minimum absolute atomic E-state index is 0.132. The molecule has 0 saturated carbocycles. The Kier molecular flexibility index (Phi) is 4.05. The number of nitrogens with two attached hydrogens (primary N) is 1. The normalized spacial score (nSPS) is 10.5. The summed E-state index contributed by atoms with van der Waals surface area (Å²) in [6, 6.07) is 3.91. The third-order valence-corrected chi connectivity index (χ3v) is 2.56. The maximum absolute atomic E-state index is 11.1. The average molecular weight is 224 g/mol. The molecule has 0 spiro atoms. The zero-order chi connectivity index (χ0) is 11.3. The standard InChI is InChI=1S/C10H12N2O2S/c1-7-2-3-8(15-7)4-5-10(14)12-6-9(11)13/h2-5H,6H2,1H3,(H2,11,13)(H,12,14). The Morgan fingerprint density at radius 3 is 2.80 bits per heavy atom. The van der Waals surface area contributed by atoms with Crippen LogP contribution in [-0.4, -0.2) is 18.4 Å². The van der Waals surface area contributed by atoms with E-state index in [0.717, 1.165) is 4.88 Å². The summed E-state index contributed by atoms with van der Waals surface area (Å²) < 4.78 is 0. The number of primary amides is 1. The van der Waals surface area contributed by atoms with Crippen molar-refractivity contribution >= 4 is 29.2 Å². The first kappa shape index (κ1) is 11.5. The van der Waals surface area contributed by atoms with Gasteiger partial charge in [0.1, 0.15) is 0 Å². The molecule has 1 heterocycles. The molecule has 0 unspecified atom stereocenters. The Hall–Kier alpha value is -1.62. The molecule has 0 radical (unpaired) electrons. The molecule has 0 bridgehead atoms. The van der Waals surface area contributed by atoms with Crippen molar-refractivity contribution in [3.05, 3.63) is 28.0 Å². The molecule has 4 nitrogen and oxygen atoms in total. The minimum atomic E-state index is -0.552. The zero-order valence-electron chi connectivity index (χ0n) is 8.32. The average Bonchev–Trinajstić information content (AvgIpc) is 2.58. The van der Waals surface area contributed by atoms with E-state index in [1.807, 2.05) is 19.1 Å². The fourth-order valence-electron chi connectivity index (χ4n) is 0.934. The van der Waals surface area contributed by atoms with Crippen molar-refractivity contribution in [2.45, 2.75) is 6.92 Å². The van der Waals surface area contributed by atoms with E-state index in [1.165, 1.54) is 11.0 Å². The van der Waals surface area contributed by atoms with Gasteiger partial charge in [-0.3, -0.25) is 9.59 Å². The molecule has 2 amide bonds. The van der Waals surface area contributed by atoms with Gasteiger partial charge in [0.25, 0.3) is 0 Å². The lowest BCUT2D eigenvalue weighted by Crippen LogP contribution is -2.32. The molecule has 1 aromatic heterocycles. The fourth-order valence-corrected chi connectivity index (χ4v) is 1.71. The predicted molar refractivity (Wildman–Crippen MR) is 60.3 cm³/mol. The highest BCUT2D eigenvalue weighted by Gasteiger charge is 1.98. The molecule has 15 heavy (non-hydrogen) atoms. The molecule has 0 aliphatic heterocycles. The summed E-state index contributed by atoms with van der Waals surface area (Å²) in [6.07, 6.45) is 3.09. The molecule has 3 N–H and O–H groups in total. The summed E-state index contributed by atoms with van der Waals surface area (Å²) in [6.45, 7) is 1.86. The van der Waals surface area contributed by atoms with Gasteiger partial charge in [0.2, 0.25) is 11.8 Å². The van der Waals surface area contributed by atoms with Gasteiger partial charge in [-0.05, 0) is 25.1 Å². The van der Waals surface area contributed by atoms with Gasteiger partial charge in [-0.15, -0.1) is 11.3 Å². The molecule has 0 saturated heterocycles. The molecule has 1 rings (SSSR count). The van der Waals surface area contributed by atoms with Gasteiger partial charge in [0.05, 0.1) is 6.54 Å². The molecule has 0 aromatic carbocycles. The summed E-state index contributed by atoms with van der Waals surface area (Å²) in [5.41, 5.74) is 4.88. The van der Waals surface area contributed by atoms with E-state index in [2.05, 4.69) is 5.32 Å². The molecular weight excluding hydrogens is 212 g/mol. The van der Waals surface area contributed by atoms with Crippen LogP contribution >= 0.6 is 11.3 Å². The Bertz CT molecular complexity index is 396. The lowest BCUT2D eigenvalue weighted by molar-refractivity contribution is -0.122. The second kappa shape index (κ2) is 5.31. The van der Waals surface area contributed by atoms with Crippen molar-refractivity contribution in [2.24, 2.45) is 5.73 Å². The van der Waals surface area contributed by atoms with E-state index in [1.54, 1.807) is 17.4 Å². The summed E-state index contributed by atoms with van der Waals surface area (Å²) in [5.74, 6) is -0.872. The first-order valence-corrected chi connectivity index (χ1v) is 5.20. The van der Waals surface area contributed by atoms with E-state index >= 15 is 0 Å². The topological polar surface area (TPSA) is 72.2 Å². The fraction of sp³-hybridized carbons (Fsp3) is 0.200. The van der Waals surface area contributed by atoms with Gasteiger partial charge < -0.3 is 11.1 Å². The molecular formula is C10H12N2O2S. The third kappa shape index (κ3) is 4.42. The maximum atomic E-state index is 11.1. The number of rotatable bonds is 4. The molecule has 0 aliphatic rings.